The maximum Gasteiger partial charge on any atom is 0.303 e. The number of esters is 1. The van der Waals surface area contributed by atoms with Crippen molar-refractivity contribution in [3.8, 4) is 11.5 Å². The van der Waals surface area contributed by atoms with Gasteiger partial charge in [0.2, 0.25) is 0 Å². The number of benzene rings is 1. The maximum atomic E-state index is 12.1. The number of hydrogen-bond acceptors (Lipinski definition) is 5. The maximum absolute atomic E-state index is 12.1. The summed E-state index contributed by atoms with van der Waals surface area (Å²) in [5.41, 5.74) is 1.60. The van der Waals surface area contributed by atoms with Crippen LogP contribution in [-0.4, -0.2) is 32.1 Å². The molecule has 5 nitrogen and oxygen atoms in total. The minimum atomic E-state index is -0.669. The van der Waals surface area contributed by atoms with Gasteiger partial charge in [-0.2, -0.15) is 0 Å². The summed E-state index contributed by atoms with van der Waals surface area (Å²) in [7, 11) is 3.14. The van der Waals surface area contributed by atoms with E-state index in [1.807, 2.05) is 18.2 Å². The summed E-state index contributed by atoms with van der Waals surface area (Å²) in [6, 6.07) is 5.53. The summed E-state index contributed by atoms with van der Waals surface area (Å²) in [6.45, 7) is 1.31. The van der Waals surface area contributed by atoms with E-state index in [4.69, 9.17) is 14.2 Å². The first kappa shape index (κ1) is 15.1. The first-order chi connectivity index (χ1) is 10.0. The molecule has 0 saturated heterocycles. The zero-order valence-electron chi connectivity index (χ0n) is 12.3. The number of ether oxygens (including phenoxy) is 3. The lowest BCUT2D eigenvalue weighted by atomic mass is 10.0. The Kier molecular flexibility index (Phi) is 4.62. The van der Waals surface area contributed by atoms with Crippen molar-refractivity contribution in [2.75, 3.05) is 14.2 Å². The zero-order chi connectivity index (χ0) is 15.4. The van der Waals surface area contributed by atoms with Gasteiger partial charge in [0.05, 0.1) is 14.2 Å². The molecule has 0 spiro atoms. The van der Waals surface area contributed by atoms with Gasteiger partial charge in [-0.25, -0.2) is 0 Å². The van der Waals surface area contributed by atoms with Gasteiger partial charge in [0, 0.05) is 19.8 Å². The Hall–Kier alpha value is -2.30. The third-order valence-corrected chi connectivity index (χ3v) is 3.34. The number of ketones is 1. The van der Waals surface area contributed by atoms with Gasteiger partial charge < -0.3 is 14.2 Å². The van der Waals surface area contributed by atoms with Crippen molar-refractivity contribution in [2.45, 2.75) is 25.9 Å². The minimum absolute atomic E-state index is 0.125. The molecule has 21 heavy (non-hydrogen) atoms. The van der Waals surface area contributed by atoms with Gasteiger partial charge >= 0.3 is 5.97 Å². The van der Waals surface area contributed by atoms with E-state index in [0.29, 0.717) is 29.9 Å². The molecule has 1 aromatic rings. The summed E-state index contributed by atoms with van der Waals surface area (Å²) < 4.78 is 15.4. The van der Waals surface area contributed by atoms with E-state index in [1.54, 1.807) is 20.3 Å². The monoisotopic (exact) mass is 290 g/mol. The number of carbonyl (C=O) groups is 2. The van der Waals surface area contributed by atoms with Crippen LogP contribution in [0.15, 0.2) is 29.8 Å². The molecule has 5 heteroatoms. The molecule has 1 unspecified atom stereocenters. The third-order valence-electron chi connectivity index (χ3n) is 3.34. The van der Waals surface area contributed by atoms with E-state index < -0.39 is 12.1 Å². The SMILES string of the molecule is COc1ccc(CC2=CCC(OC(C)=O)C2=O)cc1OC. The van der Waals surface area contributed by atoms with E-state index in [0.717, 1.165) is 5.56 Å². The smallest absolute Gasteiger partial charge is 0.303 e. The lowest BCUT2D eigenvalue weighted by Crippen LogP contribution is -2.23. The third kappa shape index (κ3) is 3.42. The molecule has 0 saturated carbocycles. The summed E-state index contributed by atoms with van der Waals surface area (Å²) in [5, 5.41) is 0. The number of methoxy groups -OCH3 is 2. The highest BCUT2D eigenvalue weighted by Gasteiger charge is 2.29. The van der Waals surface area contributed by atoms with Crippen molar-refractivity contribution in [1.29, 1.82) is 0 Å². The fourth-order valence-corrected chi connectivity index (χ4v) is 2.34. The summed E-state index contributed by atoms with van der Waals surface area (Å²) in [4.78, 5) is 23.1. The van der Waals surface area contributed by atoms with Gasteiger partial charge in [0.1, 0.15) is 0 Å². The summed E-state index contributed by atoms with van der Waals surface area (Å²) in [6.07, 6.45) is 2.09. The molecule has 0 aromatic heterocycles. The second-order valence-electron chi connectivity index (χ2n) is 4.79. The fourth-order valence-electron chi connectivity index (χ4n) is 2.34. The highest BCUT2D eigenvalue weighted by atomic mass is 16.5. The number of Topliss-reactive ketones (excluding diaryl/α,β-unsaturated/α-hetero) is 1. The van der Waals surface area contributed by atoms with Crippen molar-refractivity contribution >= 4 is 11.8 Å². The van der Waals surface area contributed by atoms with Crippen LogP contribution in [0, 0.1) is 0 Å². The molecule has 1 aliphatic carbocycles. The molecule has 0 heterocycles. The lowest BCUT2D eigenvalue weighted by molar-refractivity contribution is -0.150. The van der Waals surface area contributed by atoms with Crippen LogP contribution < -0.4 is 9.47 Å². The molecule has 0 N–H and O–H groups in total. The van der Waals surface area contributed by atoms with Crippen LogP contribution in [-0.2, 0) is 20.7 Å². The second-order valence-corrected chi connectivity index (χ2v) is 4.79. The van der Waals surface area contributed by atoms with Gasteiger partial charge in [-0.05, 0) is 23.3 Å². The van der Waals surface area contributed by atoms with Crippen LogP contribution in [0.25, 0.3) is 0 Å². The highest BCUT2D eigenvalue weighted by molar-refractivity contribution is 6.02. The van der Waals surface area contributed by atoms with Crippen molar-refractivity contribution in [3.05, 3.63) is 35.4 Å². The van der Waals surface area contributed by atoms with Crippen molar-refractivity contribution in [1.82, 2.24) is 0 Å². The average molecular weight is 290 g/mol. The van der Waals surface area contributed by atoms with E-state index >= 15 is 0 Å². The lowest BCUT2D eigenvalue weighted by Gasteiger charge is -2.11. The summed E-state index contributed by atoms with van der Waals surface area (Å²) >= 11 is 0. The predicted molar refractivity (Wildman–Crippen MR) is 76.5 cm³/mol. The van der Waals surface area contributed by atoms with E-state index in [9.17, 15) is 9.59 Å². The Morgan fingerprint density at radius 2 is 1.95 bits per heavy atom. The summed E-state index contributed by atoms with van der Waals surface area (Å²) in [5.74, 6) is 0.706. The number of rotatable bonds is 5. The fraction of sp³-hybridized carbons (Fsp3) is 0.375. The standard InChI is InChI=1S/C16H18O5/c1-10(17)21-14-7-5-12(16(14)18)8-11-4-6-13(19-2)15(9-11)20-3/h4-6,9,14H,7-8H2,1-3H3. The van der Waals surface area contributed by atoms with Crippen LogP contribution in [0.3, 0.4) is 0 Å². The number of hydrogen-bond donors (Lipinski definition) is 0. The van der Waals surface area contributed by atoms with Crippen LogP contribution in [0.2, 0.25) is 0 Å². The van der Waals surface area contributed by atoms with Gasteiger partial charge in [-0.3, -0.25) is 9.59 Å². The molecule has 1 atom stereocenters. The zero-order valence-corrected chi connectivity index (χ0v) is 12.3. The average Bonchev–Trinajstić information content (AvgIpc) is 2.79. The Morgan fingerprint density at radius 3 is 2.57 bits per heavy atom. The Balaban J connectivity index is 2.09. The van der Waals surface area contributed by atoms with Gasteiger partial charge in [0.25, 0.3) is 0 Å². The normalized spacial score (nSPS) is 17.4. The predicted octanol–water partition coefficient (Wildman–Crippen LogP) is 2.08. The van der Waals surface area contributed by atoms with E-state index in [2.05, 4.69) is 0 Å². The first-order valence-corrected chi connectivity index (χ1v) is 6.66. The van der Waals surface area contributed by atoms with Crippen LogP contribution in [0.1, 0.15) is 18.9 Å². The Bertz CT molecular complexity index is 588. The molecule has 1 aromatic carbocycles. The minimum Gasteiger partial charge on any atom is -0.493 e. The molecule has 0 amide bonds. The van der Waals surface area contributed by atoms with E-state index in [-0.39, 0.29) is 5.78 Å². The highest BCUT2D eigenvalue weighted by Crippen LogP contribution is 2.29. The van der Waals surface area contributed by atoms with Gasteiger partial charge in [-0.1, -0.05) is 12.1 Å². The quantitative estimate of drug-likeness (QED) is 0.777. The van der Waals surface area contributed by atoms with Crippen molar-refractivity contribution < 1.29 is 23.8 Å². The van der Waals surface area contributed by atoms with E-state index in [1.165, 1.54) is 6.92 Å². The van der Waals surface area contributed by atoms with Crippen molar-refractivity contribution in [3.63, 3.8) is 0 Å². The molecule has 0 aliphatic heterocycles. The molecule has 0 radical (unpaired) electrons. The van der Waals surface area contributed by atoms with Gasteiger partial charge in [0.15, 0.2) is 23.4 Å². The first-order valence-electron chi connectivity index (χ1n) is 6.66. The largest absolute Gasteiger partial charge is 0.493 e. The molecular formula is C16H18O5. The van der Waals surface area contributed by atoms with Crippen LogP contribution >= 0.6 is 0 Å². The van der Waals surface area contributed by atoms with Crippen LogP contribution in [0.4, 0.5) is 0 Å². The molecule has 0 bridgehead atoms. The topological polar surface area (TPSA) is 61.8 Å². The molecule has 112 valence electrons. The van der Waals surface area contributed by atoms with Crippen molar-refractivity contribution in [2.24, 2.45) is 0 Å². The molecule has 1 aliphatic rings. The molecular weight excluding hydrogens is 272 g/mol. The number of carbonyl (C=O) groups excluding carboxylic acids is 2. The van der Waals surface area contributed by atoms with Gasteiger partial charge in [-0.15, -0.1) is 0 Å². The molecule has 2 rings (SSSR count). The second kappa shape index (κ2) is 6.43. The Morgan fingerprint density at radius 1 is 1.24 bits per heavy atom. The van der Waals surface area contributed by atoms with Crippen LogP contribution in [0.5, 0.6) is 11.5 Å². The Labute approximate surface area is 123 Å². The molecule has 0 fully saturated rings.